The highest BCUT2D eigenvalue weighted by Gasteiger charge is 2.36. The minimum absolute atomic E-state index is 0.0274. The average molecular weight is 547 g/mol. The lowest BCUT2D eigenvalue weighted by Gasteiger charge is -2.35. The highest BCUT2D eigenvalue weighted by molar-refractivity contribution is 6.31. The molecule has 1 unspecified atom stereocenters. The first-order valence-electron chi connectivity index (χ1n) is 13.2. The van der Waals surface area contributed by atoms with Gasteiger partial charge in [0.15, 0.2) is 5.79 Å². The molecule has 0 spiro atoms. The normalized spacial score (nSPS) is 20.1. The van der Waals surface area contributed by atoms with E-state index in [9.17, 15) is 4.79 Å². The van der Waals surface area contributed by atoms with Crippen molar-refractivity contribution in [1.82, 2.24) is 9.88 Å². The van der Waals surface area contributed by atoms with Gasteiger partial charge in [0.05, 0.1) is 19.3 Å². The summed E-state index contributed by atoms with van der Waals surface area (Å²) in [5.74, 6) is 0.737. The second-order valence-corrected chi connectivity index (χ2v) is 10.8. The molecule has 1 aromatic heterocycles. The van der Waals surface area contributed by atoms with Crippen LogP contribution in [0.3, 0.4) is 0 Å². The van der Waals surface area contributed by atoms with Gasteiger partial charge in [-0.25, -0.2) is 4.79 Å². The number of fused-ring (bicyclic) bond motifs is 3. The summed E-state index contributed by atoms with van der Waals surface area (Å²) in [7, 11) is 0. The van der Waals surface area contributed by atoms with Crippen LogP contribution in [0.25, 0.3) is 10.9 Å². The number of para-hydroxylation sites is 1. The number of benzene rings is 3. The summed E-state index contributed by atoms with van der Waals surface area (Å²) in [6.45, 7) is 5.45. The van der Waals surface area contributed by atoms with Crippen molar-refractivity contribution in [3.63, 3.8) is 0 Å². The van der Waals surface area contributed by atoms with Crippen molar-refractivity contribution in [3.8, 4) is 11.5 Å². The van der Waals surface area contributed by atoms with Crippen LogP contribution in [0.5, 0.6) is 11.5 Å². The zero-order chi connectivity index (χ0) is 27.0. The van der Waals surface area contributed by atoms with Crippen molar-refractivity contribution in [2.24, 2.45) is 0 Å². The molecule has 0 bridgehead atoms. The zero-order valence-corrected chi connectivity index (χ0v) is 22.7. The Bertz CT molecular complexity index is 1470. The van der Waals surface area contributed by atoms with Crippen LogP contribution in [0.15, 0.2) is 72.8 Å². The molecule has 4 aromatic rings. The maximum absolute atomic E-state index is 13.4. The van der Waals surface area contributed by atoms with Crippen LogP contribution in [0.1, 0.15) is 43.1 Å². The monoisotopic (exact) mass is 546 g/mol. The molecule has 3 aromatic carbocycles. The van der Waals surface area contributed by atoms with Crippen molar-refractivity contribution < 1.29 is 23.7 Å². The van der Waals surface area contributed by atoms with E-state index in [4.69, 9.17) is 30.5 Å². The second-order valence-electron chi connectivity index (χ2n) is 10.4. The molecule has 0 aliphatic carbocycles. The molecule has 2 atom stereocenters. The number of aromatic nitrogens is 1. The number of halogens is 1. The van der Waals surface area contributed by atoms with E-state index >= 15 is 0 Å². The maximum Gasteiger partial charge on any atom is 0.416 e. The molecule has 1 N–H and O–H groups in total. The van der Waals surface area contributed by atoms with E-state index < -0.39 is 11.9 Å². The molecule has 39 heavy (non-hydrogen) atoms. The number of amides is 1. The van der Waals surface area contributed by atoms with Crippen molar-refractivity contribution in [1.29, 1.82) is 0 Å². The van der Waals surface area contributed by atoms with Gasteiger partial charge in [-0.2, -0.15) is 0 Å². The second kappa shape index (κ2) is 10.6. The van der Waals surface area contributed by atoms with Gasteiger partial charge in [-0.15, -0.1) is 0 Å². The van der Waals surface area contributed by atoms with Gasteiger partial charge in [0, 0.05) is 34.6 Å². The standard InChI is InChI=1S/C31H31ClN2O5/c1-31(2)37-19-24(39-31)15-17-36-22-11-8-20(9-12-22)29-28-25(26-18-21(32)10-13-27(26)33-28)14-16-34(29)30(35)38-23-6-4-3-5-7-23/h3-13,18,24,29,33H,14-17,19H2,1-2H3/t24-,29?/m0/s1. The Morgan fingerprint density at radius 3 is 2.62 bits per heavy atom. The number of rotatable bonds is 6. The number of aromatic amines is 1. The minimum Gasteiger partial charge on any atom is -0.493 e. The molecule has 1 saturated heterocycles. The molecule has 8 heteroatoms. The van der Waals surface area contributed by atoms with Gasteiger partial charge < -0.3 is 23.9 Å². The Balaban J connectivity index is 1.25. The van der Waals surface area contributed by atoms with Gasteiger partial charge in [0.25, 0.3) is 0 Å². The summed E-state index contributed by atoms with van der Waals surface area (Å²) in [5.41, 5.74) is 4.09. The van der Waals surface area contributed by atoms with E-state index in [1.807, 2.05) is 74.5 Å². The summed E-state index contributed by atoms with van der Waals surface area (Å²) in [4.78, 5) is 18.8. The summed E-state index contributed by atoms with van der Waals surface area (Å²) >= 11 is 6.33. The van der Waals surface area contributed by atoms with E-state index in [2.05, 4.69) is 4.98 Å². The average Bonchev–Trinajstić information content (AvgIpc) is 3.47. The lowest BCUT2D eigenvalue weighted by molar-refractivity contribution is -0.139. The maximum atomic E-state index is 13.4. The molecule has 0 radical (unpaired) electrons. The number of carbonyl (C=O) groups excluding carboxylic acids is 1. The lowest BCUT2D eigenvalue weighted by atomic mass is 9.92. The van der Waals surface area contributed by atoms with Crippen molar-refractivity contribution in [2.75, 3.05) is 19.8 Å². The number of hydrogen-bond acceptors (Lipinski definition) is 5. The molecule has 2 aliphatic rings. The smallest absolute Gasteiger partial charge is 0.416 e. The van der Waals surface area contributed by atoms with Gasteiger partial charge in [-0.1, -0.05) is 41.9 Å². The molecule has 2 aliphatic heterocycles. The topological polar surface area (TPSA) is 73.0 Å². The largest absolute Gasteiger partial charge is 0.493 e. The van der Waals surface area contributed by atoms with Gasteiger partial charge in [0.1, 0.15) is 17.5 Å². The first-order chi connectivity index (χ1) is 18.9. The van der Waals surface area contributed by atoms with E-state index in [1.54, 1.807) is 17.0 Å². The van der Waals surface area contributed by atoms with E-state index in [-0.39, 0.29) is 12.1 Å². The predicted molar refractivity (Wildman–Crippen MR) is 149 cm³/mol. The number of H-pyrrole nitrogens is 1. The minimum atomic E-state index is -0.535. The Labute approximate surface area is 232 Å². The van der Waals surface area contributed by atoms with Crippen LogP contribution < -0.4 is 9.47 Å². The third-order valence-electron chi connectivity index (χ3n) is 7.24. The van der Waals surface area contributed by atoms with Crippen molar-refractivity contribution in [2.45, 2.75) is 44.6 Å². The number of nitrogens with zero attached hydrogens (tertiary/aromatic N) is 1. The third kappa shape index (κ3) is 5.48. The molecule has 6 rings (SSSR count). The first-order valence-corrected chi connectivity index (χ1v) is 13.6. The van der Waals surface area contributed by atoms with Gasteiger partial charge >= 0.3 is 6.09 Å². The van der Waals surface area contributed by atoms with E-state index in [0.29, 0.717) is 37.0 Å². The fourth-order valence-corrected chi connectivity index (χ4v) is 5.58. The SMILES string of the molecule is CC1(C)OC[C@H](CCOc2ccc(C3c4[nH]c5ccc(Cl)cc5c4CCN3C(=O)Oc3ccccc3)cc2)O1. The molecule has 1 amide bonds. The van der Waals surface area contributed by atoms with Gasteiger partial charge in [-0.05, 0) is 73.9 Å². The number of ether oxygens (including phenoxy) is 4. The highest BCUT2D eigenvalue weighted by Crippen LogP contribution is 2.40. The zero-order valence-electron chi connectivity index (χ0n) is 22.0. The van der Waals surface area contributed by atoms with E-state index in [0.717, 1.165) is 34.3 Å². The van der Waals surface area contributed by atoms with Crippen LogP contribution in [-0.2, 0) is 15.9 Å². The number of carbonyl (C=O) groups is 1. The van der Waals surface area contributed by atoms with Crippen LogP contribution in [-0.4, -0.2) is 47.6 Å². The highest BCUT2D eigenvalue weighted by atomic mass is 35.5. The van der Waals surface area contributed by atoms with Gasteiger partial charge in [0.2, 0.25) is 0 Å². The summed E-state index contributed by atoms with van der Waals surface area (Å²) in [5, 5.41) is 1.77. The Kier molecular flexibility index (Phi) is 6.97. The third-order valence-corrected chi connectivity index (χ3v) is 7.48. The Morgan fingerprint density at radius 2 is 1.87 bits per heavy atom. The van der Waals surface area contributed by atoms with Crippen LogP contribution >= 0.6 is 11.6 Å². The van der Waals surface area contributed by atoms with Crippen LogP contribution in [0.2, 0.25) is 5.02 Å². The van der Waals surface area contributed by atoms with Crippen LogP contribution in [0, 0.1) is 0 Å². The summed E-state index contributed by atoms with van der Waals surface area (Å²) < 4.78 is 23.3. The molecule has 3 heterocycles. The first kappa shape index (κ1) is 25.7. The Hall–Kier alpha value is -3.52. The summed E-state index contributed by atoms with van der Waals surface area (Å²) in [6.07, 6.45) is 1.07. The molecule has 0 saturated carbocycles. The molecule has 202 valence electrons. The van der Waals surface area contributed by atoms with Gasteiger partial charge in [-0.3, -0.25) is 4.90 Å². The number of hydrogen-bond donors (Lipinski definition) is 1. The molecular formula is C31H31ClN2O5. The fourth-order valence-electron chi connectivity index (χ4n) is 5.41. The van der Waals surface area contributed by atoms with Crippen molar-refractivity contribution >= 4 is 28.6 Å². The summed E-state index contributed by atoms with van der Waals surface area (Å²) in [6, 6.07) is 22.5. The van der Waals surface area contributed by atoms with Crippen molar-refractivity contribution in [3.05, 3.63) is 94.6 Å². The number of nitrogens with one attached hydrogen (secondary N) is 1. The lowest BCUT2D eigenvalue weighted by Crippen LogP contribution is -2.42. The van der Waals surface area contributed by atoms with Crippen LogP contribution in [0.4, 0.5) is 4.79 Å². The molecular weight excluding hydrogens is 516 g/mol. The van der Waals surface area contributed by atoms with E-state index in [1.165, 1.54) is 5.56 Å². The fraction of sp³-hybridized carbons (Fsp3) is 0.323. The molecule has 7 nitrogen and oxygen atoms in total. The Morgan fingerprint density at radius 1 is 1.08 bits per heavy atom. The molecule has 1 fully saturated rings. The predicted octanol–water partition coefficient (Wildman–Crippen LogP) is 6.89. The quantitative estimate of drug-likeness (QED) is 0.285.